The third-order valence-corrected chi connectivity index (χ3v) is 6.16. The maximum atomic E-state index is 15.0. The van der Waals surface area contributed by atoms with Crippen LogP contribution in [0.3, 0.4) is 0 Å². The summed E-state index contributed by atoms with van der Waals surface area (Å²) in [5.74, 6) is 1.56. The van der Waals surface area contributed by atoms with Crippen LogP contribution in [0.5, 0.6) is 0 Å². The molecule has 1 aromatic heterocycles. The molecule has 1 aliphatic carbocycles. The number of hydrogen-bond donors (Lipinski definition) is 0. The average Bonchev–Trinajstić information content (AvgIpc) is 3.42. The molecule has 0 bridgehead atoms. The first-order valence-corrected chi connectivity index (χ1v) is 9.57. The summed E-state index contributed by atoms with van der Waals surface area (Å²) in [6.45, 7) is 9.28. The van der Waals surface area contributed by atoms with E-state index in [0.29, 0.717) is 18.8 Å². The highest BCUT2D eigenvalue weighted by atomic mass is 19.1. The lowest BCUT2D eigenvalue weighted by Crippen LogP contribution is -2.41. The topological polar surface area (TPSA) is 47.5 Å². The van der Waals surface area contributed by atoms with Gasteiger partial charge in [0.2, 0.25) is 0 Å². The summed E-state index contributed by atoms with van der Waals surface area (Å²) in [5.41, 5.74) is 0.660. The first kappa shape index (κ1) is 17.9. The fraction of sp³-hybridized carbons (Fsp3) is 0.684. The highest BCUT2D eigenvalue weighted by Crippen LogP contribution is 2.41. The Balaban J connectivity index is 1.43. The molecule has 0 atom stereocenters. The molecule has 3 heterocycles. The van der Waals surface area contributed by atoms with Crippen LogP contribution in [-0.2, 0) is 9.31 Å². The Labute approximate surface area is 155 Å². The second kappa shape index (κ2) is 6.31. The minimum absolute atomic E-state index is 0.246. The molecule has 0 aromatic carbocycles. The average molecular weight is 359 g/mol. The molecule has 2 aliphatic heterocycles. The van der Waals surface area contributed by atoms with E-state index in [1.54, 1.807) is 6.33 Å². The highest BCUT2D eigenvalue weighted by Gasteiger charge is 2.53. The zero-order valence-corrected chi connectivity index (χ0v) is 16.1. The van der Waals surface area contributed by atoms with Crippen LogP contribution < -0.4 is 4.90 Å². The van der Waals surface area contributed by atoms with Gasteiger partial charge in [-0.3, -0.25) is 0 Å². The molecule has 0 amide bonds. The molecular formula is C19H27BFN3O2. The second-order valence-electron chi connectivity index (χ2n) is 8.60. The van der Waals surface area contributed by atoms with E-state index >= 15 is 0 Å². The van der Waals surface area contributed by atoms with E-state index in [1.807, 2.05) is 27.7 Å². The van der Waals surface area contributed by atoms with Crippen LogP contribution in [-0.4, -0.2) is 41.4 Å². The first-order chi connectivity index (χ1) is 12.3. The van der Waals surface area contributed by atoms with Crippen LogP contribution in [0.1, 0.15) is 65.0 Å². The predicted molar refractivity (Wildman–Crippen MR) is 99.7 cm³/mol. The van der Waals surface area contributed by atoms with E-state index in [4.69, 9.17) is 9.31 Å². The van der Waals surface area contributed by atoms with Crippen molar-refractivity contribution in [1.82, 2.24) is 9.97 Å². The van der Waals surface area contributed by atoms with Crippen molar-refractivity contribution >= 4 is 12.9 Å². The van der Waals surface area contributed by atoms with Gasteiger partial charge in [-0.2, -0.15) is 0 Å². The number of aromatic nitrogens is 2. The lowest BCUT2D eigenvalue weighted by Gasteiger charge is -2.32. The van der Waals surface area contributed by atoms with Gasteiger partial charge in [-0.05, 0) is 59.0 Å². The van der Waals surface area contributed by atoms with Crippen molar-refractivity contribution in [3.05, 3.63) is 29.4 Å². The molecule has 4 rings (SSSR count). The Morgan fingerprint density at radius 1 is 1.12 bits per heavy atom. The molecule has 2 saturated heterocycles. The van der Waals surface area contributed by atoms with Crippen molar-refractivity contribution in [2.24, 2.45) is 0 Å². The van der Waals surface area contributed by atoms with Gasteiger partial charge in [-0.25, -0.2) is 14.4 Å². The lowest BCUT2D eigenvalue weighted by molar-refractivity contribution is 0.00578. The van der Waals surface area contributed by atoms with Gasteiger partial charge in [0.05, 0.1) is 11.2 Å². The summed E-state index contributed by atoms with van der Waals surface area (Å²) in [4.78, 5) is 11.0. The Bertz CT molecular complexity index is 707. The van der Waals surface area contributed by atoms with Crippen LogP contribution in [0.4, 0.5) is 10.2 Å². The van der Waals surface area contributed by atoms with Crippen LogP contribution in [0.2, 0.25) is 0 Å². The zero-order chi connectivity index (χ0) is 18.5. The van der Waals surface area contributed by atoms with E-state index in [-0.39, 0.29) is 5.73 Å². The molecule has 7 heteroatoms. The molecule has 0 unspecified atom stereocenters. The fourth-order valence-electron chi connectivity index (χ4n) is 3.49. The number of rotatable bonds is 3. The molecule has 5 nitrogen and oxygen atoms in total. The summed E-state index contributed by atoms with van der Waals surface area (Å²) in [6, 6.07) is 2.09. The fourth-order valence-corrected chi connectivity index (χ4v) is 3.49. The molecule has 1 aromatic rings. The van der Waals surface area contributed by atoms with E-state index in [0.717, 1.165) is 30.2 Å². The molecule has 140 valence electrons. The van der Waals surface area contributed by atoms with Gasteiger partial charge in [0.25, 0.3) is 0 Å². The maximum absolute atomic E-state index is 15.0. The summed E-state index contributed by atoms with van der Waals surface area (Å²) in [5, 5.41) is 0. The van der Waals surface area contributed by atoms with E-state index < -0.39 is 18.3 Å². The quantitative estimate of drug-likeness (QED) is 0.768. The molecule has 0 spiro atoms. The predicted octanol–water partition coefficient (Wildman–Crippen LogP) is 3.81. The Morgan fingerprint density at radius 2 is 1.73 bits per heavy atom. The molecule has 3 aliphatic rings. The number of nitrogens with zero attached hydrogens (tertiary/aromatic N) is 3. The Kier molecular flexibility index (Phi) is 4.35. The standard InChI is InChI=1S/C19H27BFN3O2/c1-18(2)19(3,4)26-20(25-18)17(21)14-7-9-24(10-8-14)16-11-15(13-5-6-13)22-12-23-16/h11-13H,5-10H2,1-4H3. The number of halogens is 1. The minimum atomic E-state index is -0.887. The van der Waals surface area contributed by atoms with Crippen LogP contribution >= 0.6 is 0 Å². The largest absolute Gasteiger partial charge is 0.525 e. The monoisotopic (exact) mass is 359 g/mol. The van der Waals surface area contributed by atoms with Gasteiger partial charge < -0.3 is 14.2 Å². The normalized spacial score (nSPS) is 24.9. The number of hydrogen-bond acceptors (Lipinski definition) is 5. The third-order valence-electron chi connectivity index (χ3n) is 6.16. The smallest absolute Gasteiger partial charge is 0.398 e. The van der Waals surface area contributed by atoms with Crippen LogP contribution in [0.15, 0.2) is 23.7 Å². The van der Waals surface area contributed by atoms with Gasteiger partial charge in [0.15, 0.2) is 0 Å². The van der Waals surface area contributed by atoms with Crippen LogP contribution in [0, 0.1) is 0 Å². The first-order valence-electron chi connectivity index (χ1n) is 9.57. The van der Waals surface area contributed by atoms with Gasteiger partial charge in [-0.15, -0.1) is 0 Å². The van der Waals surface area contributed by atoms with E-state index in [2.05, 4.69) is 20.9 Å². The molecule has 0 N–H and O–H groups in total. The van der Waals surface area contributed by atoms with Crippen LogP contribution in [0.25, 0.3) is 0 Å². The summed E-state index contributed by atoms with van der Waals surface area (Å²) >= 11 is 0. The van der Waals surface area contributed by atoms with Crippen molar-refractivity contribution in [2.45, 2.75) is 70.5 Å². The van der Waals surface area contributed by atoms with Crippen molar-refractivity contribution in [3.8, 4) is 0 Å². The Morgan fingerprint density at radius 3 is 2.31 bits per heavy atom. The van der Waals surface area contributed by atoms with Crippen molar-refractivity contribution in [3.63, 3.8) is 0 Å². The van der Waals surface area contributed by atoms with Gasteiger partial charge in [0.1, 0.15) is 17.9 Å². The highest BCUT2D eigenvalue weighted by molar-refractivity contribution is 6.53. The van der Waals surface area contributed by atoms with E-state index in [1.165, 1.54) is 12.8 Å². The van der Waals surface area contributed by atoms with E-state index in [9.17, 15) is 4.39 Å². The summed E-state index contributed by atoms with van der Waals surface area (Å²) < 4.78 is 26.7. The molecule has 0 radical (unpaired) electrons. The molecular weight excluding hydrogens is 332 g/mol. The third kappa shape index (κ3) is 3.27. The Hall–Kier alpha value is -1.47. The summed E-state index contributed by atoms with van der Waals surface area (Å²) in [6.07, 6.45) is 5.43. The lowest BCUT2D eigenvalue weighted by atomic mass is 9.82. The van der Waals surface area contributed by atoms with Crippen molar-refractivity contribution < 1.29 is 13.7 Å². The minimum Gasteiger partial charge on any atom is -0.398 e. The maximum Gasteiger partial charge on any atom is 0.525 e. The van der Waals surface area contributed by atoms with Gasteiger partial charge >= 0.3 is 7.12 Å². The molecule has 26 heavy (non-hydrogen) atoms. The number of anilines is 1. The molecule has 3 fully saturated rings. The van der Waals surface area contributed by atoms with Gasteiger partial charge in [0, 0.05) is 30.8 Å². The summed E-state index contributed by atoms with van der Waals surface area (Å²) in [7, 11) is -0.887. The zero-order valence-electron chi connectivity index (χ0n) is 16.1. The SMILES string of the molecule is CC1(C)OB(C(F)=C2CCN(c3cc(C4CC4)ncn3)CC2)OC1(C)C. The van der Waals surface area contributed by atoms with Crippen molar-refractivity contribution in [2.75, 3.05) is 18.0 Å². The number of piperidine rings is 1. The van der Waals surface area contributed by atoms with Crippen molar-refractivity contribution in [1.29, 1.82) is 0 Å². The molecule has 1 saturated carbocycles. The second-order valence-corrected chi connectivity index (χ2v) is 8.60. The van der Waals surface area contributed by atoms with Gasteiger partial charge in [-0.1, -0.05) is 0 Å².